The predicted octanol–water partition coefficient (Wildman–Crippen LogP) is 3.22. The third kappa shape index (κ3) is 5.31. The van der Waals surface area contributed by atoms with Gasteiger partial charge in [-0.2, -0.15) is 0 Å². The van der Waals surface area contributed by atoms with Crippen molar-refractivity contribution in [2.24, 2.45) is 11.3 Å². The summed E-state index contributed by atoms with van der Waals surface area (Å²) in [7, 11) is 0. The van der Waals surface area contributed by atoms with Crippen molar-refractivity contribution in [1.29, 1.82) is 0 Å². The van der Waals surface area contributed by atoms with E-state index in [1.54, 1.807) is 0 Å². The van der Waals surface area contributed by atoms with E-state index < -0.39 is 0 Å². The maximum atomic E-state index is 5.98. The van der Waals surface area contributed by atoms with Crippen LogP contribution in [0.4, 0.5) is 0 Å². The van der Waals surface area contributed by atoms with E-state index in [2.05, 4.69) is 39.9 Å². The molecular weight excluding hydrogens is 198 g/mol. The first-order valence-electron chi connectivity index (χ1n) is 6.74. The second-order valence-corrected chi connectivity index (χ2v) is 6.51. The summed E-state index contributed by atoms with van der Waals surface area (Å²) < 4.78 is 5.98. The minimum atomic E-state index is 0.466. The molecule has 1 aliphatic rings. The van der Waals surface area contributed by atoms with E-state index in [0.29, 0.717) is 17.6 Å². The van der Waals surface area contributed by atoms with Crippen LogP contribution in [0.5, 0.6) is 0 Å². The molecule has 1 fully saturated rings. The highest BCUT2D eigenvalue weighted by atomic mass is 16.5. The Morgan fingerprint density at radius 1 is 1.31 bits per heavy atom. The van der Waals surface area contributed by atoms with E-state index in [-0.39, 0.29) is 0 Å². The van der Waals surface area contributed by atoms with Gasteiger partial charge in [-0.05, 0) is 30.6 Å². The van der Waals surface area contributed by atoms with Crippen molar-refractivity contribution < 1.29 is 4.74 Å². The quantitative estimate of drug-likeness (QED) is 0.728. The standard InChI is InChI=1S/C14H29NO/c1-11(2)15-6-7-16-13-8-12(3)9-14(4,5)10-13/h11-13,15H,6-10H2,1-5H3. The van der Waals surface area contributed by atoms with Crippen molar-refractivity contribution in [2.45, 2.75) is 66.0 Å². The fourth-order valence-electron chi connectivity index (χ4n) is 2.96. The lowest BCUT2D eigenvalue weighted by Gasteiger charge is -2.38. The van der Waals surface area contributed by atoms with Crippen LogP contribution in [0.25, 0.3) is 0 Å². The summed E-state index contributed by atoms with van der Waals surface area (Å²) in [5.41, 5.74) is 0.466. The molecule has 0 aromatic heterocycles. The van der Waals surface area contributed by atoms with Crippen LogP contribution in [0.1, 0.15) is 53.9 Å². The van der Waals surface area contributed by atoms with Crippen LogP contribution in [0.2, 0.25) is 0 Å². The molecule has 0 saturated heterocycles. The molecular formula is C14H29NO. The van der Waals surface area contributed by atoms with Gasteiger partial charge in [-0.1, -0.05) is 34.6 Å². The van der Waals surface area contributed by atoms with Gasteiger partial charge in [-0.15, -0.1) is 0 Å². The molecule has 0 aromatic carbocycles. The molecule has 0 aliphatic heterocycles. The first-order valence-corrected chi connectivity index (χ1v) is 6.74. The maximum Gasteiger partial charge on any atom is 0.0594 e. The average Bonchev–Trinajstić information content (AvgIpc) is 2.08. The normalized spacial score (nSPS) is 29.6. The molecule has 2 heteroatoms. The summed E-state index contributed by atoms with van der Waals surface area (Å²) in [4.78, 5) is 0. The van der Waals surface area contributed by atoms with E-state index in [4.69, 9.17) is 4.74 Å². The van der Waals surface area contributed by atoms with Gasteiger partial charge < -0.3 is 10.1 Å². The second-order valence-electron chi connectivity index (χ2n) is 6.51. The number of hydrogen-bond acceptors (Lipinski definition) is 2. The maximum absolute atomic E-state index is 5.98. The topological polar surface area (TPSA) is 21.3 Å². The smallest absolute Gasteiger partial charge is 0.0594 e. The van der Waals surface area contributed by atoms with E-state index in [9.17, 15) is 0 Å². The van der Waals surface area contributed by atoms with Crippen LogP contribution in [0.15, 0.2) is 0 Å². The third-order valence-corrected chi connectivity index (χ3v) is 3.35. The Hall–Kier alpha value is -0.0800. The van der Waals surface area contributed by atoms with E-state index in [1.165, 1.54) is 19.3 Å². The van der Waals surface area contributed by atoms with Gasteiger partial charge in [0, 0.05) is 12.6 Å². The molecule has 0 heterocycles. The molecule has 1 rings (SSSR count). The van der Waals surface area contributed by atoms with Gasteiger partial charge >= 0.3 is 0 Å². The molecule has 1 aliphatic carbocycles. The van der Waals surface area contributed by atoms with Crippen molar-refractivity contribution in [3.63, 3.8) is 0 Å². The van der Waals surface area contributed by atoms with Gasteiger partial charge in [0.15, 0.2) is 0 Å². The molecule has 0 bridgehead atoms. The summed E-state index contributed by atoms with van der Waals surface area (Å²) in [5.74, 6) is 0.812. The molecule has 0 amide bonds. The largest absolute Gasteiger partial charge is 0.377 e. The lowest BCUT2D eigenvalue weighted by Crippen LogP contribution is -2.35. The molecule has 96 valence electrons. The molecule has 2 atom stereocenters. The Balaban J connectivity index is 2.21. The summed E-state index contributed by atoms with van der Waals surface area (Å²) in [6, 6.07) is 0.560. The van der Waals surface area contributed by atoms with Crippen LogP contribution < -0.4 is 5.32 Å². The number of rotatable bonds is 5. The van der Waals surface area contributed by atoms with Crippen LogP contribution in [0.3, 0.4) is 0 Å². The third-order valence-electron chi connectivity index (χ3n) is 3.35. The molecule has 2 nitrogen and oxygen atoms in total. The zero-order valence-corrected chi connectivity index (χ0v) is 11.7. The highest BCUT2D eigenvalue weighted by Crippen LogP contribution is 2.39. The highest BCUT2D eigenvalue weighted by molar-refractivity contribution is 4.83. The van der Waals surface area contributed by atoms with Crippen molar-refractivity contribution >= 4 is 0 Å². The van der Waals surface area contributed by atoms with Crippen LogP contribution >= 0.6 is 0 Å². The molecule has 1 N–H and O–H groups in total. The fourth-order valence-corrected chi connectivity index (χ4v) is 2.96. The molecule has 16 heavy (non-hydrogen) atoms. The number of nitrogens with one attached hydrogen (secondary N) is 1. The Kier molecular flexibility index (Phi) is 5.26. The first kappa shape index (κ1) is 14.0. The SMILES string of the molecule is CC1CC(OCCNC(C)C)CC(C)(C)C1. The summed E-state index contributed by atoms with van der Waals surface area (Å²) in [6.07, 6.45) is 4.29. The van der Waals surface area contributed by atoms with Gasteiger partial charge in [0.25, 0.3) is 0 Å². The lowest BCUT2D eigenvalue weighted by molar-refractivity contribution is -0.0216. The Morgan fingerprint density at radius 2 is 2.00 bits per heavy atom. The number of ether oxygens (including phenoxy) is 1. The fraction of sp³-hybridized carbons (Fsp3) is 1.00. The molecule has 0 aromatic rings. The molecule has 0 radical (unpaired) electrons. The summed E-state index contributed by atoms with van der Waals surface area (Å²) in [6.45, 7) is 13.3. The van der Waals surface area contributed by atoms with Gasteiger partial charge in [0.1, 0.15) is 0 Å². The zero-order valence-electron chi connectivity index (χ0n) is 11.7. The minimum Gasteiger partial charge on any atom is -0.377 e. The van der Waals surface area contributed by atoms with E-state index in [0.717, 1.165) is 19.1 Å². The summed E-state index contributed by atoms with van der Waals surface area (Å²) in [5, 5.41) is 3.39. The van der Waals surface area contributed by atoms with Crippen LogP contribution in [0, 0.1) is 11.3 Å². The van der Waals surface area contributed by atoms with E-state index in [1.807, 2.05) is 0 Å². The lowest BCUT2D eigenvalue weighted by atomic mass is 9.71. The van der Waals surface area contributed by atoms with Crippen LogP contribution in [-0.4, -0.2) is 25.3 Å². The van der Waals surface area contributed by atoms with Gasteiger partial charge in [-0.3, -0.25) is 0 Å². The van der Waals surface area contributed by atoms with Gasteiger partial charge in [0.2, 0.25) is 0 Å². The van der Waals surface area contributed by atoms with Crippen molar-refractivity contribution in [3.05, 3.63) is 0 Å². The monoisotopic (exact) mass is 227 g/mol. The Bertz CT molecular complexity index is 201. The van der Waals surface area contributed by atoms with Gasteiger partial charge in [-0.25, -0.2) is 0 Å². The van der Waals surface area contributed by atoms with Gasteiger partial charge in [0.05, 0.1) is 12.7 Å². The minimum absolute atomic E-state index is 0.466. The van der Waals surface area contributed by atoms with Crippen molar-refractivity contribution in [2.75, 3.05) is 13.2 Å². The zero-order chi connectivity index (χ0) is 12.2. The highest BCUT2D eigenvalue weighted by Gasteiger charge is 2.32. The number of hydrogen-bond donors (Lipinski definition) is 1. The van der Waals surface area contributed by atoms with Crippen molar-refractivity contribution in [1.82, 2.24) is 5.32 Å². The summed E-state index contributed by atoms with van der Waals surface area (Å²) >= 11 is 0. The Morgan fingerprint density at radius 3 is 2.56 bits per heavy atom. The molecule has 1 saturated carbocycles. The second kappa shape index (κ2) is 6.02. The van der Waals surface area contributed by atoms with Crippen LogP contribution in [-0.2, 0) is 4.74 Å². The molecule has 0 spiro atoms. The predicted molar refractivity (Wildman–Crippen MR) is 69.7 cm³/mol. The molecule has 2 unspecified atom stereocenters. The van der Waals surface area contributed by atoms with Crippen molar-refractivity contribution in [3.8, 4) is 0 Å². The average molecular weight is 227 g/mol. The van der Waals surface area contributed by atoms with E-state index >= 15 is 0 Å². The first-order chi connectivity index (χ1) is 7.39. The Labute approximate surface area is 101 Å².